The molecule has 0 heterocycles. The van der Waals surface area contributed by atoms with Crippen LogP contribution in [-0.4, -0.2) is 0 Å². The number of hydrogen-bond acceptors (Lipinski definition) is 1. The van der Waals surface area contributed by atoms with Gasteiger partial charge in [0.1, 0.15) is 0 Å². The molecule has 0 N–H and O–H groups in total. The van der Waals surface area contributed by atoms with E-state index in [1.54, 1.807) is 0 Å². The van der Waals surface area contributed by atoms with Crippen molar-refractivity contribution in [1.82, 2.24) is 0 Å². The summed E-state index contributed by atoms with van der Waals surface area (Å²) in [7, 11) is 0. The zero-order valence-corrected chi connectivity index (χ0v) is 31.6. The lowest BCUT2D eigenvalue weighted by Crippen LogP contribution is -2.18. The summed E-state index contributed by atoms with van der Waals surface area (Å²) < 4.78 is 0. The van der Waals surface area contributed by atoms with Gasteiger partial charge in [-0.1, -0.05) is 161 Å². The van der Waals surface area contributed by atoms with Crippen molar-refractivity contribution in [3.8, 4) is 44.5 Å². The van der Waals surface area contributed by atoms with Gasteiger partial charge in [0.15, 0.2) is 0 Å². The summed E-state index contributed by atoms with van der Waals surface area (Å²) in [5.74, 6) is 0. The van der Waals surface area contributed by atoms with E-state index in [0.717, 1.165) is 5.69 Å². The fourth-order valence-corrected chi connectivity index (χ4v) is 9.53. The maximum Gasteiger partial charge on any atom is 0.0543 e. The van der Waals surface area contributed by atoms with Crippen LogP contribution in [-0.2, 0) is 10.8 Å². The van der Waals surface area contributed by atoms with Crippen molar-refractivity contribution in [2.24, 2.45) is 0 Å². The molecule has 1 heteroatoms. The highest BCUT2D eigenvalue weighted by Crippen LogP contribution is 2.56. The Balaban J connectivity index is 1.26. The van der Waals surface area contributed by atoms with Gasteiger partial charge >= 0.3 is 0 Å². The highest BCUT2D eigenvalue weighted by Gasteiger charge is 2.39. The van der Waals surface area contributed by atoms with Crippen molar-refractivity contribution in [1.29, 1.82) is 0 Å². The fourth-order valence-electron chi connectivity index (χ4n) is 9.53. The molecular weight excluding hydrogens is 651 g/mol. The van der Waals surface area contributed by atoms with Gasteiger partial charge in [0.2, 0.25) is 0 Å². The summed E-state index contributed by atoms with van der Waals surface area (Å²) in [5, 5.41) is 2.51. The van der Waals surface area contributed by atoms with Crippen LogP contribution in [0.3, 0.4) is 0 Å². The van der Waals surface area contributed by atoms with E-state index in [1.807, 2.05) is 0 Å². The zero-order chi connectivity index (χ0) is 36.8. The first-order valence-electron chi connectivity index (χ1n) is 19.2. The van der Waals surface area contributed by atoms with Crippen LogP contribution >= 0.6 is 0 Å². The molecule has 0 saturated heterocycles. The van der Waals surface area contributed by atoms with Crippen LogP contribution in [0.1, 0.15) is 55.5 Å². The molecule has 54 heavy (non-hydrogen) atoms. The second-order valence-corrected chi connectivity index (χ2v) is 16.2. The van der Waals surface area contributed by atoms with E-state index in [-0.39, 0.29) is 10.8 Å². The largest absolute Gasteiger partial charge is 0.309 e. The number of anilines is 3. The van der Waals surface area contributed by atoms with E-state index in [4.69, 9.17) is 0 Å². The Hall–Kier alpha value is -6.18. The molecule has 8 aromatic carbocycles. The summed E-state index contributed by atoms with van der Waals surface area (Å²) >= 11 is 0. The molecule has 260 valence electrons. The molecule has 0 radical (unpaired) electrons. The van der Waals surface area contributed by atoms with Gasteiger partial charge in [0.05, 0.1) is 11.4 Å². The lowest BCUT2D eigenvalue weighted by atomic mass is 9.82. The Labute approximate surface area is 319 Å². The molecule has 0 amide bonds. The second kappa shape index (κ2) is 11.9. The van der Waals surface area contributed by atoms with Crippen molar-refractivity contribution in [2.75, 3.05) is 4.90 Å². The third-order valence-electron chi connectivity index (χ3n) is 12.4. The van der Waals surface area contributed by atoms with Crippen molar-refractivity contribution < 1.29 is 0 Å². The zero-order valence-electron chi connectivity index (χ0n) is 31.6. The Morgan fingerprint density at radius 3 is 1.76 bits per heavy atom. The Kier molecular flexibility index (Phi) is 7.17. The normalized spacial score (nSPS) is 14.3. The molecule has 2 aliphatic carbocycles. The molecule has 0 aliphatic heterocycles. The minimum absolute atomic E-state index is 0.117. The first kappa shape index (κ1) is 32.5. The minimum atomic E-state index is -0.125. The van der Waals surface area contributed by atoms with Crippen LogP contribution in [0.2, 0.25) is 0 Å². The lowest BCUT2D eigenvalue weighted by molar-refractivity contribution is 0.660. The summed E-state index contributed by atoms with van der Waals surface area (Å²) in [6, 6.07) is 63.5. The topological polar surface area (TPSA) is 3.24 Å². The van der Waals surface area contributed by atoms with Gasteiger partial charge in [-0.2, -0.15) is 0 Å². The predicted molar refractivity (Wildman–Crippen MR) is 229 cm³/mol. The quantitative estimate of drug-likeness (QED) is 0.173. The molecule has 0 spiro atoms. The Bertz CT molecular complexity index is 2800. The van der Waals surface area contributed by atoms with Crippen molar-refractivity contribution in [2.45, 2.75) is 45.4 Å². The Morgan fingerprint density at radius 1 is 0.370 bits per heavy atom. The third-order valence-corrected chi connectivity index (χ3v) is 12.4. The Morgan fingerprint density at radius 2 is 0.963 bits per heavy atom. The maximum atomic E-state index is 2.56. The van der Waals surface area contributed by atoms with Gasteiger partial charge in [-0.05, 0) is 115 Å². The monoisotopic (exact) mass is 693 g/mol. The van der Waals surface area contributed by atoms with E-state index in [0.29, 0.717) is 0 Å². The fraction of sp³-hybridized carbons (Fsp3) is 0.132. The number of fused-ring (bicyclic) bond motifs is 7. The van der Waals surface area contributed by atoms with E-state index in [2.05, 4.69) is 209 Å². The molecule has 0 fully saturated rings. The molecular formula is C53H43N. The molecule has 2 aliphatic rings. The predicted octanol–water partition coefficient (Wildman–Crippen LogP) is 14.6. The highest BCUT2D eigenvalue weighted by atomic mass is 15.1. The second-order valence-electron chi connectivity index (χ2n) is 16.2. The van der Waals surface area contributed by atoms with Crippen LogP contribution in [0.15, 0.2) is 170 Å². The molecule has 0 atom stereocenters. The first-order valence-corrected chi connectivity index (χ1v) is 19.2. The number of benzene rings is 8. The SMILES string of the molecule is Cc1ccccc1-c1cc(-c2ccc3ccccc3c2)ccc1N(c1ccc2c(c1)C(C)(C)c1ccccc1-2)c1cccc2c1-c1ccccc1C2(C)C. The van der Waals surface area contributed by atoms with Gasteiger partial charge in [-0.25, -0.2) is 0 Å². The van der Waals surface area contributed by atoms with E-state index in [9.17, 15) is 0 Å². The molecule has 0 saturated carbocycles. The molecule has 0 bridgehead atoms. The maximum absolute atomic E-state index is 2.56. The van der Waals surface area contributed by atoms with Gasteiger partial charge in [-0.3, -0.25) is 0 Å². The van der Waals surface area contributed by atoms with Crippen molar-refractivity contribution in [3.63, 3.8) is 0 Å². The van der Waals surface area contributed by atoms with Crippen LogP contribution in [0.25, 0.3) is 55.3 Å². The average molecular weight is 694 g/mol. The van der Waals surface area contributed by atoms with Crippen LogP contribution in [0, 0.1) is 6.92 Å². The number of aryl methyl sites for hydroxylation is 1. The minimum Gasteiger partial charge on any atom is -0.309 e. The van der Waals surface area contributed by atoms with Gasteiger partial charge in [-0.15, -0.1) is 0 Å². The average Bonchev–Trinajstić information content (AvgIpc) is 3.58. The van der Waals surface area contributed by atoms with Gasteiger partial charge in [0.25, 0.3) is 0 Å². The highest BCUT2D eigenvalue weighted by molar-refractivity contribution is 6.00. The third kappa shape index (κ3) is 4.78. The number of rotatable bonds is 5. The van der Waals surface area contributed by atoms with Crippen molar-refractivity contribution >= 4 is 27.8 Å². The standard InChI is InChI=1S/C53H43N/c1-34-15-6-9-18-40(34)44-32-38(37-26-25-35-16-7-8-17-36(35)31-37)27-30-49(44)54(39-28-29-42-41-19-10-12-21-45(41)53(4,5)48(42)33-39)50-24-14-23-47-51(50)43-20-11-13-22-46(43)52(47,2)3/h6-33H,1-5H3. The molecule has 0 aromatic heterocycles. The first-order chi connectivity index (χ1) is 26.2. The lowest BCUT2D eigenvalue weighted by Gasteiger charge is -2.32. The molecule has 8 aromatic rings. The van der Waals surface area contributed by atoms with Crippen LogP contribution < -0.4 is 4.90 Å². The van der Waals surface area contributed by atoms with Crippen LogP contribution in [0.5, 0.6) is 0 Å². The van der Waals surface area contributed by atoms with Gasteiger partial charge < -0.3 is 4.90 Å². The van der Waals surface area contributed by atoms with E-state index in [1.165, 1.54) is 94.5 Å². The van der Waals surface area contributed by atoms with Crippen LogP contribution in [0.4, 0.5) is 17.1 Å². The summed E-state index contributed by atoms with van der Waals surface area (Å²) in [5.41, 5.74) is 20.2. The smallest absolute Gasteiger partial charge is 0.0543 e. The summed E-state index contributed by atoms with van der Waals surface area (Å²) in [6.45, 7) is 11.7. The number of hydrogen-bond donors (Lipinski definition) is 0. The van der Waals surface area contributed by atoms with Crippen molar-refractivity contribution in [3.05, 3.63) is 198 Å². The summed E-state index contributed by atoms with van der Waals surface area (Å²) in [4.78, 5) is 2.56. The number of nitrogens with zero attached hydrogens (tertiary/aromatic N) is 1. The molecule has 0 unspecified atom stereocenters. The van der Waals surface area contributed by atoms with Gasteiger partial charge in [0, 0.05) is 27.6 Å². The molecule has 1 nitrogen and oxygen atoms in total. The van der Waals surface area contributed by atoms with E-state index < -0.39 is 0 Å². The molecule has 10 rings (SSSR count). The van der Waals surface area contributed by atoms with E-state index >= 15 is 0 Å². The summed E-state index contributed by atoms with van der Waals surface area (Å²) in [6.07, 6.45) is 0.